The molecule has 0 unspecified atom stereocenters. The second-order valence-corrected chi connectivity index (χ2v) is 4.74. The second-order valence-electron chi connectivity index (χ2n) is 3.75. The summed E-state index contributed by atoms with van der Waals surface area (Å²) >= 11 is 1.59. The highest BCUT2D eigenvalue weighted by molar-refractivity contribution is 7.98. The highest BCUT2D eigenvalue weighted by Gasteiger charge is 2.48. The number of hydrogen-bond acceptors (Lipinski definition) is 6. The minimum Gasteiger partial charge on any atom is -0.391 e. The van der Waals surface area contributed by atoms with Gasteiger partial charge in [0.1, 0.15) is 11.6 Å². The molecule has 0 aromatic rings. The molecule has 86 valence electrons. The highest BCUT2D eigenvalue weighted by Crippen LogP contribution is 2.33. The molecule has 0 heterocycles. The first-order valence-electron chi connectivity index (χ1n) is 4.79. The van der Waals surface area contributed by atoms with Crippen molar-refractivity contribution in [3.05, 3.63) is 0 Å². The lowest BCUT2D eigenvalue weighted by Gasteiger charge is -2.11. The van der Waals surface area contributed by atoms with Gasteiger partial charge < -0.3 is 16.2 Å². The third-order valence-electron chi connectivity index (χ3n) is 2.32. The zero-order valence-corrected chi connectivity index (χ0v) is 9.51. The van der Waals surface area contributed by atoms with Gasteiger partial charge >= 0.3 is 11.9 Å². The average Bonchev–Trinajstić information content (AvgIpc) is 2.94. The Bertz CT molecular complexity index is 266. The summed E-state index contributed by atoms with van der Waals surface area (Å²) in [6.45, 7) is 0. The molecule has 5 nitrogen and oxygen atoms in total. The Labute approximate surface area is 92.9 Å². The Hall–Kier alpha value is -0.590. The maximum Gasteiger partial charge on any atom is 0.333 e. The molecule has 0 aromatic carbocycles. The van der Waals surface area contributed by atoms with Crippen LogP contribution >= 0.6 is 11.8 Å². The predicted octanol–water partition coefficient (Wildman–Crippen LogP) is -0.372. The number of carbonyl (C=O) groups excluding carboxylic acids is 2. The molecule has 1 atom stereocenters. The van der Waals surface area contributed by atoms with E-state index in [0.717, 1.165) is 5.75 Å². The fraction of sp³-hybridized carbons (Fsp3) is 0.778. The zero-order chi connectivity index (χ0) is 11.5. The van der Waals surface area contributed by atoms with Crippen LogP contribution in [0.3, 0.4) is 0 Å². The van der Waals surface area contributed by atoms with E-state index in [0.29, 0.717) is 19.3 Å². The van der Waals surface area contributed by atoms with Crippen molar-refractivity contribution in [2.75, 3.05) is 12.0 Å². The molecule has 0 spiro atoms. The van der Waals surface area contributed by atoms with Crippen LogP contribution in [-0.4, -0.2) is 35.5 Å². The van der Waals surface area contributed by atoms with Crippen molar-refractivity contribution in [1.82, 2.24) is 0 Å². The quantitative estimate of drug-likeness (QED) is 0.496. The number of thioether (sulfide) groups is 1. The Morgan fingerprint density at radius 2 is 2.13 bits per heavy atom. The van der Waals surface area contributed by atoms with Gasteiger partial charge in [0.05, 0.1) is 0 Å². The fourth-order valence-electron chi connectivity index (χ4n) is 0.970. The van der Waals surface area contributed by atoms with Crippen LogP contribution in [0.15, 0.2) is 0 Å². The molecular weight excluding hydrogens is 216 g/mol. The van der Waals surface area contributed by atoms with E-state index in [-0.39, 0.29) is 0 Å². The summed E-state index contributed by atoms with van der Waals surface area (Å²) in [5, 5.41) is 0. The van der Waals surface area contributed by atoms with Crippen LogP contribution < -0.4 is 11.5 Å². The maximum atomic E-state index is 11.3. The smallest absolute Gasteiger partial charge is 0.333 e. The lowest BCUT2D eigenvalue weighted by atomic mass is 10.2. The second kappa shape index (κ2) is 4.96. The Morgan fingerprint density at radius 1 is 1.53 bits per heavy atom. The van der Waals surface area contributed by atoms with Crippen molar-refractivity contribution in [3.8, 4) is 0 Å². The zero-order valence-electron chi connectivity index (χ0n) is 8.69. The van der Waals surface area contributed by atoms with Gasteiger partial charge in [0.15, 0.2) is 0 Å². The SMILES string of the molecule is CSCC[C@H](N)C(=O)OC(=O)C1(N)CC1. The Kier molecular flexibility index (Phi) is 4.12. The predicted molar refractivity (Wildman–Crippen MR) is 58.2 cm³/mol. The van der Waals surface area contributed by atoms with Gasteiger partial charge in [-0.1, -0.05) is 0 Å². The van der Waals surface area contributed by atoms with Gasteiger partial charge in [0, 0.05) is 0 Å². The monoisotopic (exact) mass is 232 g/mol. The molecule has 1 fully saturated rings. The molecule has 0 amide bonds. The van der Waals surface area contributed by atoms with Crippen LogP contribution in [-0.2, 0) is 14.3 Å². The van der Waals surface area contributed by atoms with E-state index >= 15 is 0 Å². The minimum absolute atomic E-state index is 0.505. The van der Waals surface area contributed by atoms with Crippen molar-refractivity contribution >= 4 is 23.7 Å². The van der Waals surface area contributed by atoms with Crippen molar-refractivity contribution in [3.63, 3.8) is 0 Å². The molecule has 0 aliphatic heterocycles. The molecule has 6 heteroatoms. The number of hydrogen-bond donors (Lipinski definition) is 2. The van der Waals surface area contributed by atoms with E-state index in [2.05, 4.69) is 4.74 Å². The van der Waals surface area contributed by atoms with Gasteiger partial charge in [-0.05, 0) is 31.3 Å². The first-order valence-corrected chi connectivity index (χ1v) is 6.18. The van der Waals surface area contributed by atoms with Gasteiger partial charge in [-0.25, -0.2) is 9.59 Å². The molecule has 0 radical (unpaired) electrons. The van der Waals surface area contributed by atoms with E-state index in [4.69, 9.17) is 11.5 Å². The normalized spacial score (nSPS) is 19.4. The maximum absolute atomic E-state index is 11.3. The summed E-state index contributed by atoms with van der Waals surface area (Å²) < 4.78 is 4.60. The molecule has 1 aliphatic rings. The third kappa shape index (κ3) is 3.48. The molecule has 4 N–H and O–H groups in total. The minimum atomic E-state index is -0.922. The number of rotatable bonds is 5. The first kappa shape index (κ1) is 12.5. The van der Waals surface area contributed by atoms with Crippen LogP contribution in [0.2, 0.25) is 0 Å². The van der Waals surface area contributed by atoms with Gasteiger partial charge in [-0.3, -0.25) is 0 Å². The van der Waals surface area contributed by atoms with Gasteiger partial charge in [0.2, 0.25) is 0 Å². The molecule has 1 aliphatic carbocycles. The lowest BCUT2D eigenvalue weighted by Crippen LogP contribution is -2.41. The van der Waals surface area contributed by atoms with E-state index < -0.39 is 23.5 Å². The van der Waals surface area contributed by atoms with Crippen LogP contribution in [0.25, 0.3) is 0 Å². The van der Waals surface area contributed by atoms with Crippen molar-refractivity contribution < 1.29 is 14.3 Å². The molecule has 0 aromatic heterocycles. The first-order chi connectivity index (χ1) is 6.99. The van der Waals surface area contributed by atoms with E-state index in [1.165, 1.54) is 0 Å². The topological polar surface area (TPSA) is 95.4 Å². The number of nitrogens with two attached hydrogens (primary N) is 2. The van der Waals surface area contributed by atoms with Crippen molar-refractivity contribution in [2.45, 2.75) is 30.8 Å². The molecular formula is C9H16N2O3S. The molecule has 15 heavy (non-hydrogen) atoms. The van der Waals surface area contributed by atoms with E-state index in [9.17, 15) is 9.59 Å². The molecule has 0 saturated heterocycles. The van der Waals surface area contributed by atoms with Crippen LogP contribution in [0.5, 0.6) is 0 Å². The summed E-state index contributed by atoms with van der Waals surface area (Å²) in [4.78, 5) is 22.6. The molecule has 0 bridgehead atoms. The molecule has 1 rings (SSSR count). The van der Waals surface area contributed by atoms with Gasteiger partial charge in [0.25, 0.3) is 0 Å². The lowest BCUT2D eigenvalue weighted by molar-refractivity contribution is -0.162. The average molecular weight is 232 g/mol. The van der Waals surface area contributed by atoms with Gasteiger partial charge in [-0.2, -0.15) is 11.8 Å². The summed E-state index contributed by atoms with van der Waals surface area (Å²) in [5.41, 5.74) is 10.2. The summed E-state index contributed by atoms with van der Waals surface area (Å²) in [6, 6.07) is -0.733. The number of carbonyl (C=O) groups is 2. The summed E-state index contributed by atoms with van der Waals surface area (Å²) in [5.74, 6) is -0.559. The van der Waals surface area contributed by atoms with Crippen LogP contribution in [0, 0.1) is 0 Å². The van der Waals surface area contributed by atoms with Gasteiger partial charge in [-0.15, -0.1) is 0 Å². The van der Waals surface area contributed by atoms with E-state index in [1.807, 2.05) is 6.26 Å². The summed E-state index contributed by atoms with van der Waals surface area (Å²) in [6.07, 6.45) is 3.59. The number of esters is 2. The van der Waals surface area contributed by atoms with Crippen molar-refractivity contribution in [1.29, 1.82) is 0 Å². The fourth-order valence-corrected chi connectivity index (χ4v) is 1.46. The molecule has 1 saturated carbocycles. The highest BCUT2D eigenvalue weighted by atomic mass is 32.2. The van der Waals surface area contributed by atoms with E-state index in [1.54, 1.807) is 11.8 Å². The third-order valence-corrected chi connectivity index (χ3v) is 2.97. The largest absolute Gasteiger partial charge is 0.391 e. The Morgan fingerprint density at radius 3 is 2.60 bits per heavy atom. The Balaban J connectivity index is 2.31. The number of ether oxygens (including phenoxy) is 1. The van der Waals surface area contributed by atoms with Crippen molar-refractivity contribution in [2.24, 2.45) is 11.5 Å². The van der Waals surface area contributed by atoms with Crippen LogP contribution in [0.1, 0.15) is 19.3 Å². The van der Waals surface area contributed by atoms with Crippen LogP contribution in [0.4, 0.5) is 0 Å². The standard InChI is InChI=1S/C9H16N2O3S/c1-15-5-2-6(10)7(12)14-8(13)9(11)3-4-9/h6H,2-5,10-11H2,1H3/t6-/m0/s1. The summed E-state index contributed by atoms with van der Waals surface area (Å²) in [7, 11) is 0.